The molecule has 0 N–H and O–H groups in total. The molecule has 0 spiro atoms. The first kappa shape index (κ1) is 14.0. The van der Waals surface area contributed by atoms with Crippen LogP contribution >= 0.6 is 35.0 Å². The number of fused-ring (bicyclic) bond motifs is 1. The van der Waals surface area contributed by atoms with E-state index in [0.29, 0.717) is 10.9 Å². The zero-order valence-electron chi connectivity index (χ0n) is 10.2. The number of aryl methyl sites for hydroxylation is 1. The third kappa shape index (κ3) is 3.11. The second kappa shape index (κ2) is 6.64. The second-order valence-electron chi connectivity index (χ2n) is 4.01. The number of imidazole rings is 1. The first-order chi connectivity index (χ1) is 8.76. The molecule has 2 heterocycles. The number of rotatable bonds is 6. The van der Waals surface area contributed by atoms with Gasteiger partial charge in [-0.2, -0.15) is 11.8 Å². The lowest BCUT2D eigenvalue weighted by Crippen LogP contribution is -2.03. The SMILES string of the molecule is CSCCCCn1c(CCl)nc2cc(Cl)cnc21. The molecule has 0 saturated carbocycles. The maximum Gasteiger partial charge on any atom is 0.160 e. The van der Waals surface area contributed by atoms with Gasteiger partial charge in [0.05, 0.1) is 10.9 Å². The third-order valence-corrected chi connectivity index (χ3v) is 3.87. The highest BCUT2D eigenvalue weighted by Gasteiger charge is 2.11. The van der Waals surface area contributed by atoms with Crippen molar-refractivity contribution >= 4 is 46.1 Å². The van der Waals surface area contributed by atoms with Crippen LogP contribution in [0.2, 0.25) is 5.02 Å². The number of pyridine rings is 1. The molecule has 0 bridgehead atoms. The summed E-state index contributed by atoms with van der Waals surface area (Å²) in [6.45, 7) is 0.910. The number of nitrogens with zero attached hydrogens (tertiary/aromatic N) is 3. The summed E-state index contributed by atoms with van der Waals surface area (Å²) >= 11 is 13.7. The van der Waals surface area contributed by atoms with Crippen molar-refractivity contribution in [3.63, 3.8) is 0 Å². The van der Waals surface area contributed by atoms with Gasteiger partial charge in [0.15, 0.2) is 5.65 Å². The Morgan fingerprint density at radius 3 is 2.94 bits per heavy atom. The van der Waals surface area contributed by atoms with Crippen molar-refractivity contribution in [3.8, 4) is 0 Å². The fourth-order valence-electron chi connectivity index (χ4n) is 1.89. The van der Waals surface area contributed by atoms with E-state index in [9.17, 15) is 0 Å². The van der Waals surface area contributed by atoms with Crippen LogP contribution in [0.3, 0.4) is 0 Å². The van der Waals surface area contributed by atoms with E-state index in [2.05, 4.69) is 20.8 Å². The standard InChI is InChI=1S/C12H15Cl2N3S/c1-18-5-3-2-4-17-11(7-13)16-10-6-9(14)8-15-12(10)17/h6,8H,2-5,7H2,1H3. The molecule has 0 aliphatic rings. The lowest BCUT2D eigenvalue weighted by molar-refractivity contribution is 0.627. The molecule has 0 atom stereocenters. The lowest BCUT2D eigenvalue weighted by atomic mass is 10.3. The molecule has 3 nitrogen and oxygen atoms in total. The van der Waals surface area contributed by atoms with Gasteiger partial charge in [0.2, 0.25) is 0 Å². The summed E-state index contributed by atoms with van der Waals surface area (Å²) in [7, 11) is 0. The van der Waals surface area contributed by atoms with E-state index in [0.717, 1.165) is 30.0 Å². The predicted molar refractivity (Wildman–Crippen MR) is 79.7 cm³/mol. The number of thioether (sulfide) groups is 1. The van der Waals surface area contributed by atoms with Crippen molar-refractivity contribution in [1.29, 1.82) is 0 Å². The monoisotopic (exact) mass is 303 g/mol. The summed E-state index contributed by atoms with van der Waals surface area (Å²) in [5.74, 6) is 2.45. The van der Waals surface area contributed by atoms with Crippen LogP contribution in [0.1, 0.15) is 18.7 Å². The van der Waals surface area contributed by atoms with Crippen molar-refractivity contribution in [2.45, 2.75) is 25.3 Å². The Morgan fingerprint density at radius 1 is 1.39 bits per heavy atom. The highest BCUT2D eigenvalue weighted by molar-refractivity contribution is 7.98. The second-order valence-corrected chi connectivity index (χ2v) is 5.70. The molecule has 0 amide bonds. The maximum absolute atomic E-state index is 5.94. The normalized spacial score (nSPS) is 11.3. The third-order valence-electron chi connectivity index (χ3n) is 2.73. The summed E-state index contributed by atoms with van der Waals surface area (Å²) < 4.78 is 2.10. The zero-order valence-corrected chi connectivity index (χ0v) is 12.5. The number of unbranched alkanes of at least 4 members (excludes halogenated alkanes) is 1. The van der Waals surface area contributed by atoms with E-state index in [1.165, 1.54) is 12.2 Å². The van der Waals surface area contributed by atoms with Gasteiger partial charge >= 0.3 is 0 Å². The molecule has 18 heavy (non-hydrogen) atoms. The summed E-state index contributed by atoms with van der Waals surface area (Å²) in [5.41, 5.74) is 1.70. The maximum atomic E-state index is 5.94. The van der Waals surface area contributed by atoms with Gasteiger partial charge in [0.25, 0.3) is 0 Å². The smallest absolute Gasteiger partial charge is 0.160 e. The molecular weight excluding hydrogens is 289 g/mol. The molecule has 0 aliphatic carbocycles. The van der Waals surface area contributed by atoms with E-state index >= 15 is 0 Å². The predicted octanol–water partition coefficient (Wildman–Crippen LogP) is 3.97. The Bertz CT molecular complexity index is 527. The number of aromatic nitrogens is 3. The number of alkyl halides is 1. The molecule has 6 heteroatoms. The minimum absolute atomic E-state index is 0.399. The van der Waals surface area contributed by atoms with E-state index in [1.807, 2.05) is 17.8 Å². The minimum atomic E-state index is 0.399. The van der Waals surface area contributed by atoms with E-state index in [4.69, 9.17) is 23.2 Å². The van der Waals surface area contributed by atoms with E-state index in [-0.39, 0.29) is 0 Å². The van der Waals surface area contributed by atoms with Crippen LogP contribution in [0.5, 0.6) is 0 Å². The molecule has 0 radical (unpaired) electrons. The van der Waals surface area contributed by atoms with Crippen LogP contribution in [0, 0.1) is 0 Å². The molecule has 0 aromatic carbocycles. The van der Waals surface area contributed by atoms with Gasteiger partial charge in [-0.25, -0.2) is 9.97 Å². The Morgan fingerprint density at radius 2 is 2.22 bits per heavy atom. The van der Waals surface area contributed by atoms with Crippen molar-refractivity contribution in [3.05, 3.63) is 23.1 Å². The topological polar surface area (TPSA) is 30.7 Å². The molecule has 2 aromatic rings. The number of halogens is 2. The van der Waals surface area contributed by atoms with Gasteiger partial charge in [-0.15, -0.1) is 11.6 Å². The van der Waals surface area contributed by atoms with Crippen LogP contribution < -0.4 is 0 Å². The first-order valence-corrected chi connectivity index (χ1v) is 8.12. The molecular formula is C12H15Cl2N3S. The fourth-order valence-corrected chi connectivity index (χ4v) is 2.74. The molecule has 0 aliphatic heterocycles. The fraction of sp³-hybridized carbons (Fsp3) is 0.500. The van der Waals surface area contributed by atoms with Crippen LogP contribution in [0.4, 0.5) is 0 Å². The largest absolute Gasteiger partial charge is 0.312 e. The molecule has 98 valence electrons. The highest BCUT2D eigenvalue weighted by Crippen LogP contribution is 2.19. The van der Waals surface area contributed by atoms with E-state index in [1.54, 1.807) is 6.20 Å². The molecule has 2 rings (SSSR count). The number of hydrogen-bond donors (Lipinski definition) is 0. The summed E-state index contributed by atoms with van der Waals surface area (Å²) in [6.07, 6.45) is 6.08. The highest BCUT2D eigenvalue weighted by atomic mass is 35.5. The average Bonchev–Trinajstić information content (AvgIpc) is 2.71. The van der Waals surface area contributed by atoms with Gasteiger partial charge in [-0.05, 0) is 30.9 Å². The van der Waals surface area contributed by atoms with Gasteiger partial charge in [-0.1, -0.05) is 11.6 Å². The summed E-state index contributed by atoms with van der Waals surface area (Å²) in [6, 6.07) is 1.83. The van der Waals surface area contributed by atoms with Crippen molar-refractivity contribution in [1.82, 2.24) is 14.5 Å². The van der Waals surface area contributed by atoms with Crippen LogP contribution in [0.25, 0.3) is 11.2 Å². The van der Waals surface area contributed by atoms with E-state index < -0.39 is 0 Å². The van der Waals surface area contributed by atoms with Crippen LogP contribution in [0.15, 0.2) is 12.3 Å². The first-order valence-electron chi connectivity index (χ1n) is 5.82. The van der Waals surface area contributed by atoms with Gasteiger partial charge in [0, 0.05) is 12.7 Å². The molecule has 2 aromatic heterocycles. The molecule has 0 unspecified atom stereocenters. The van der Waals surface area contributed by atoms with Gasteiger partial charge in [-0.3, -0.25) is 0 Å². The quantitative estimate of drug-likeness (QED) is 0.597. The Kier molecular flexibility index (Phi) is 5.15. The Balaban J connectivity index is 2.23. The average molecular weight is 304 g/mol. The van der Waals surface area contributed by atoms with Crippen LogP contribution in [-0.4, -0.2) is 26.5 Å². The molecule has 0 fully saturated rings. The van der Waals surface area contributed by atoms with Crippen molar-refractivity contribution < 1.29 is 0 Å². The summed E-state index contributed by atoms with van der Waals surface area (Å²) in [5, 5.41) is 0.607. The van der Waals surface area contributed by atoms with Gasteiger partial charge in [0.1, 0.15) is 11.3 Å². The van der Waals surface area contributed by atoms with Crippen molar-refractivity contribution in [2.24, 2.45) is 0 Å². The number of hydrogen-bond acceptors (Lipinski definition) is 3. The van der Waals surface area contributed by atoms with Crippen molar-refractivity contribution in [2.75, 3.05) is 12.0 Å². The van der Waals surface area contributed by atoms with Gasteiger partial charge < -0.3 is 4.57 Å². The zero-order chi connectivity index (χ0) is 13.0. The Hall–Kier alpha value is -0.450. The summed E-state index contributed by atoms with van der Waals surface area (Å²) in [4.78, 5) is 8.82. The lowest BCUT2D eigenvalue weighted by Gasteiger charge is -2.06. The molecule has 0 saturated heterocycles. The minimum Gasteiger partial charge on any atom is -0.312 e. The Labute approximate surface area is 121 Å². The van der Waals surface area contributed by atoms with Crippen LogP contribution in [-0.2, 0) is 12.4 Å².